The van der Waals surface area contributed by atoms with Crippen molar-refractivity contribution in [3.8, 4) is 0 Å². The molecule has 8 heteroatoms. The van der Waals surface area contributed by atoms with Crippen LogP contribution >= 0.6 is 0 Å². The van der Waals surface area contributed by atoms with E-state index in [-0.39, 0.29) is 0 Å². The molecular formula is C9H11F3N2O2S. The topological polar surface area (TPSA) is 72.2 Å². The Morgan fingerprint density at radius 1 is 1.18 bits per heavy atom. The number of hydrogen-bond donors (Lipinski definition) is 2. The van der Waals surface area contributed by atoms with Crippen molar-refractivity contribution in [3.63, 3.8) is 0 Å². The van der Waals surface area contributed by atoms with Gasteiger partial charge in [0, 0.05) is 18.8 Å². The first-order chi connectivity index (χ1) is 7.79. The highest BCUT2D eigenvalue weighted by atomic mass is 32.2. The summed E-state index contributed by atoms with van der Waals surface area (Å²) in [4.78, 5) is -0.775. The van der Waals surface area contributed by atoms with Gasteiger partial charge in [0.05, 0.1) is 4.90 Å². The second-order valence-corrected chi connectivity index (χ2v) is 5.13. The number of nitrogens with one attached hydrogen (secondary N) is 1. The minimum Gasteiger partial charge on any atom is -0.384 e. The monoisotopic (exact) mass is 268 g/mol. The Bertz CT molecular complexity index is 468. The highest BCUT2D eigenvalue weighted by Crippen LogP contribution is 2.30. The summed E-state index contributed by atoms with van der Waals surface area (Å²) in [5, 5.41) is 2.81. The first kappa shape index (κ1) is 13.8. The van der Waals surface area contributed by atoms with Gasteiger partial charge in [-0.15, -0.1) is 0 Å². The number of nitrogens with two attached hydrogens (primary N) is 1. The average Bonchev–Trinajstić information content (AvgIpc) is 2.25. The SMILES string of the molecule is NCCNc1ccc(S(=O)(=O)C(F)(F)F)cc1. The molecule has 1 rings (SSSR count). The smallest absolute Gasteiger partial charge is 0.384 e. The molecule has 3 N–H and O–H groups in total. The third-order valence-corrected chi connectivity index (χ3v) is 3.44. The van der Waals surface area contributed by atoms with Gasteiger partial charge >= 0.3 is 5.51 Å². The fraction of sp³-hybridized carbons (Fsp3) is 0.333. The molecule has 17 heavy (non-hydrogen) atoms. The molecule has 1 aromatic carbocycles. The van der Waals surface area contributed by atoms with Crippen molar-refractivity contribution in [3.05, 3.63) is 24.3 Å². The Labute approximate surface area is 96.5 Å². The summed E-state index contributed by atoms with van der Waals surface area (Å²) in [5.41, 5.74) is 0.458. The number of sulfone groups is 1. The zero-order valence-electron chi connectivity index (χ0n) is 8.66. The Hall–Kier alpha value is -1.28. The molecule has 1 aromatic rings. The molecule has 0 unspecified atom stereocenters. The Balaban J connectivity index is 2.96. The molecule has 0 atom stereocenters. The number of alkyl halides is 3. The molecule has 0 fully saturated rings. The van der Waals surface area contributed by atoms with Crippen LogP contribution in [-0.4, -0.2) is 27.0 Å². The third-order valence-electron chi connectivity index (χ3n) is 1.94. The summed E-state index contributed by atoms with van der Waals surface area (Å²) < 4.78 is 58.6. The molecule has 0 aromatic heterocycles. The summed E-state index contributed by atoms with van der Waals surface area (Å²) >= 11 is 0. The Kier molecular flexibility index (Phi) is 3.99. The van der Waals surface area contributed by atoms with E-state index in [0.717, 1.165) is 12.1 Å². The normalized spacial score (nSPS) is 12.5. The van der Waals surface area contributed by atoms with Crippen molar-refractivity contribution >= 4 is 15.5 Å². The lowest BCUT2D eigenvalue weighted by atomic mass is 10.3. The molecule has 96 valence electrons. The van der Waals surface area contributed by atoms with E-state index in [9.17, 15) is 21.6 Å². The zero-order chi connectivity index (χ0) is 13.1. The molecule has 0 radical (unpaired) electrons. The van der Waals surface area contributed by atoms with E-state index in [4.69, 9.17) is 5.73 Å². The van der Waals surface area contributed by atoms with Crippen LogP contribution in [0.25, 0.3) is 0 Å². The van der Waals surface area contributed by atoms with Gasteiger partial charge in [-0.1, -0.05) is 0 Å². The van der Waals surface area contributed by atoms with Crippen LogP contribution in [0.15, 0.2) is 29.2 Å². The summed E-state index contributed by atoms with van der Waals surface area (Å²) in [6.07, 6.45) is 0. The number of anilines is 1. The van der Waals surface area contributed by atoms with Gasteiger partial charge < -0.3 is 11.1 Å². The van der Waals surface area contributed by atoms with Gasteiger partial charge in [0.25, 0.3) is 9.84 Å². The van der Waals surface area contributed by atoms with Crippen LogP contribution < -0.4 is 11.1 Å². The van der Waals surface area contributed by atoms with Gasteiger partial charge in [0.1, 0.15) is 0 Å². The van der Waals surface area contributed by atoms with Crippen LogP contribution in [0.4, 0.5) is 18.9 Å². The van der Waals surface area contributed by atoms with Crippen LogP contribution in [0, 0.1) is 0 Å². The Morgan fingerprint density at radius 3 is 2.12 bits per heavy atom. The van der Waals surface area contributed by atoms with Gasteiger partial charge in [-0.2, -0.15) is 13.2 Å². The minimum atomic E-state index is -5.28. The quantitative estimate of drug-likeness (QED) is 0.864. The second-order valence-electron chi connectivity index (χ2n) is 3.19. The van der Waals surface area contributed by atoms with E-state index in [0.29, 0.717) is 18.8 Å². The number of rotatable bonds is 4. The van der Waals surface area contributed by atoms with Crippen LogP contribution in [0.1, 0.15) is 0 Å². The molecule has 0 saturated heterocycles. The van der Waals surface area contributed by atoms with E-state index in [1.165, 1.54) is 12.1 Å². The molecule has 0 aliphatic heterocycles. The number of hydrogen-bond acceptors (Lipinski definition) is 4. The third kappa shape index (κ3) is 3.10. The van der Waals surface area contributed by atoms with E-state index in [1.54, 1.807) is 0 Å². The van der Waals surface area contributed by atoms with Gasteiger partial charge in [-0.3, -0.25) is 0 Å². The van der Waals surface area contributed by atoms with Crippen LogP contribution in [0.3, 0.4) is 0 Å². The molecule has 0 heterocycles. The lowest BCUT2D eigenvalue weighted by Gasteiger charge is -2.09. The number of benzene rings is 1. The van der Waals surface area contributed by atoms with Gasteiger partial charge in [0.15, 0.2) is 0 Å². The standard InChI is InChI=1S/C9H11F3N2O2S/c10-9(11,12)17(15,16)8-3-1-7(2-4-8)14-6-5-13/h1-4,14H,5-6,13H2. The summed E-state index contributed by atoms with van der Waals surface area (Å²) in [7, 11) is -5.27. The lowest BCUT2D eigenvalue weighted by Crippen LogP contribution is -2.23. The van der Waals surface area contributed by atoms with E-state index < -0.39 is 20.2 Å². The largest absolute Gasteiger partial charge is 0.501 e. The zero-order valence-corrected chi connectivity index (χ0v) is 9.48. The lowest BCUT2D eigenvalue weighted by molar-refractivity contribution is -0.0436. The van der Waals surface area contributed by atoms with Crippen LogP contribution in [0.5, 0.6) is 0 Å². The Morgan fingerprint density at radius 2 is 1.71 bits per heavy atom. The van der Waals surface area contributed by atoms with Crippen molar-refractivity contribution in [2.75, 3.05) is 18.4 Å². The van der Waals surface area contributed by atoms with Crippen molar-refractivity contribution in [1.29, 1.82) is 0 Å². The van der Waals surface area contributed by atoms with Crippen molar-refractivity contribution in [2.24, 2.45) is 5.73 Å². The van der Waals surface area contributed by atoms with Crippen LogP contribution in [-0.2, 0) is 9.84 Å². The fourth-order valence-electron chi connectivity index (χ4n) is 1.10. The maximum absolute atomic E-state index is 12.2. The first-order valence-electron chi connectivity index (χ1n) is 4.64. The van der Waals surface area contributed by atoms with E-state index >= 15 is 0 Å². The highest BCUT2D eigenvalue weighted by Gasteiger charge is 2.46. The summed E-state index contributed by atoms with van der Waals surface area (Å²) in [6, 6.07) is 4.33. The first-order valence-corrected chi connectivity index (χ1v) is 6.12. The van der Waals surface area contributed by atoms with E-state index in [1.807, 2.05) is 0 Å². The average molecular weight is 268 g/mol. The maximum atomic E-state index is 12.2. The molecule has 0 aliphatic rings. The molecule has 0 saturated carbocycles. The highest BCUT2D eigenvalue weighted by molar-refractivity contribution is 7.92. The van der Waals surface area contributed by atoms with Gasteiger partial charge in [-0.05, 0) is 24.3 Å². The van der Waals surface area contributed by atoms with Gasteiger partial charge in [-0.25, -0.2) is 8.42 Å². The predicted molar refractivity (Wildman–Crippen MR) is 57.2 cm³/mol. The molecule has 0 bridgehead atoms. The molecule has 4 nitrogen and oxygen atoms in total. The van der Waals surface area contributed by atoms with Crippen molar-refractivity contribution in [1.82, 2.24) is 0 Å². The fourth-order valence-corrected chi connectivity index (χ4v) is 1.86. The molecular weight excluding hydrogens is 257 g/mol. The summed E-state index contributed by atoms with van der Waals surface area (Å²) in [5.74, 6) is 0. The maximum Gasteiger partial charge on any atom is 0.501 e. The molecule has 0 amide bonds. The summed E-state index contributed by atoms with van der Waals surface area (Å²) in [6.45, 7) is 0.813. The van der Waals surface area contributed by atoms with Crippen LogP contribution in [0.2, 0.25) is 0 Å². The van der Waals surface area contributed by atoms with Crippen molar-refractivity contribution < 1.29 is 21.6 Å². The predicted octanol–water partition coefficient (Wildman–Crippen LogP) is 1.35. The molecule has 0 spiro atoms. The molecule has 0 aliphatic carbocycles. The van der Waals surface area contributed by atoms with E-state index in [2.05, 4.69) is 5.32 Å². The second kappa shape index (κ2) is 4.92. The minimum absolute atomic E-state index is 0.364. The van der Waals surface area contributed by atoms with Crippen molar-refractivity contribution in [2.45, 2.75) is 10.4 Å². The number of halogens is 3. The van der Waals surface area contributed by atoms with Gasteiger partial charge in [0.2, 0.25) is 0 Å².